The van der Waals surface area contributed by atoms with Crippen LogP contribution in [0.4, 0.5) is 15.9 Å². The maximum atomic E-state index is 13.1. The van der Waals surface area contributed by atoms with Crippen molar-refractivity contribution >= 4 is 22.5 Å². The SMILES string of the molecule is Cn1cc2c(N3CC(N4CCN(c5ccc(F)cc5)CC4)C3)ncnc2n1. The van der Waals surface area contributed by atoms with Crippen LogP contribution in [0.3, 0.4) is 0 Å². The largest absolute Gasteiger partial charge is 0.369 e. The molecule has 0 saturated carbocycles. The summed E-state index contributed by atoms with van der Waals surface area (Å²) in [4.78, 5) is 15.9. The first-order valence-corrected chi connectivity index (χ1v) is 9.31. The molecule has 8 heteroatoms. The third-order valence-electron chi connectivity index (χ3n) is 5.59. The van der Waals surface area contributed by atoms with Crippen LogP contribution in [0, 0.1) is 5.82 Å². The molecule has 140 valence electrons. The zero-order valence-corrected chi connectivity index (χ0v) is 15.3. The lowest BCUT2D eigenvalue weighted by molar-refractivity contribution is 0.157. The average molecular weight is 367 g/mol. The number of fused-ring (bicyclic) bond motifs is 1. The van der Waals surface area contributed by atoms with Gasteiger partial charge < -0.3 is 9.80 Å². The molecule has 0 N–H and O–H groups in total. The number of hydrogen-bond acceptors (Lipinski definition) is 6. The second-order valence-corrected chi connectivity index (χ2v) is 7.30. The molecule has 2 aliphatic heterocycles. The smallest absolute Gasteiger partial charge is 0.186 e. The molecule has 4 heterocycles. The van der Waals surface area contributed by atoms with Gasteiger partial charge in [-0.15, -0.1) is 0 Å². The summed E-state index contributed by atoms with van der Waals surface area (Å²) in [5.74, 6) is 0.800. The van der Waals surface area contributed by atoms with Crippen molar-refractivity contribution in [2.24, 2.45) is 7.05 Å². The molecule has 3 aromatic rings. The number of halogens is 1. The van der Waals surface area contributed by atoms with Crippen molar-refractivity contribution in [2.45, 2.75) is 6.04 Å². The van der Waals surface area contributed by atoms with Crippen LogP contribution in [0.5, 0.6) is 0 Å². The Balaban J connectivity index is 1.20. The molecule has 1 aromatic carbocycles. The minimum absolute atomic E-state index is 0.181. The number of piperazine rings is 1. The molecule has 2 saturated heterocycles. The molecule has 5 rings (SSSR count). The van der Waals surface area contributed by atoms with Gasteiger partial charge in [0.25, 0.3) is 0 Å². The van der Waals surface area contributed by atoms with Crippen LogP contribution in [0.1, 0.15) is 0 Å². The zero-order chi connectivity index (χ0) is 18.4. The molecule has 0 aliphatic carbocycles. The lowest BCUT2D eigenvalue weighted by Crippen LogP contribution is -2.63. The summed E-state index contributed by atoms with van der Waals surface area (Å²) in [7, 11) is 1.91. The molecule has 2 aromatic heterocycles. The molecule has 2 fully saturated rings. The van der Waals surface area contributed by atoms with E-state index < -0.39 is 0 Å². The van der Waals surface area contributed by atoms with E-state index in [1.54, 1.807) is 11.0 Å². The van der Waals surface area contributed by atoms with Crippen LogP contribution >= 0.6 is 0 Å². The van der Waals surface area contributed by atoms with E-state index in [-0.39, 0.29) is 5.82 Å². The number of aromatic nitrogens is 4. The van der Waals surface area contributed by atoms with Crippen LogP contribution in [0.15, 0.2) is 36.8 Å². The first kappa shape index (κ1) is 16.4. The van der Waals surface area contributed by atoms with Gasteiger partial charge in [0.05, 0.1) is 5.39 Å². The Morgan fingerprint density at radius 2 is 1.70 bits per heavy atom. The summed E-state index contributed by atoms with van der Waals surface area (Å²) in [6.45, 7) is 5.98. The maximum Gasteiger partial charge on any atom is 0.186 e. The van der Waals surface area contributed by atoms with E-state index in [4.69, 9.17) is 0 Å². The first-order chi connectivity index (χ1) is 13.2. The van der Waals surface area contributed by atoms with Crippen molar-refractivity contribution in [1.29, 1.82) is 0 Å². The van der Waals surface area contributed by atoms with E-state index in [9.17, 15) is 4.39 Å². The van der Waals surface area contributed by atoms with Crippen LogP contribution in [0.2, 0.25) is 0 Å². The van der Waals surface area contributed by atoms with Crippen LogP contribution in [0.25, 0.3) is 11.0 Å². The molecule has 0 spiro atoms. The summed E-state index contributed by atoms with van der Waals surface area (Å²) >= 11 is 0. The van der Waals surface area contributed by atoms with Gasteiger partial charge in [-0.25, -0.2) is 14.4 Å². The number of rotatable bonds is 3. The maximum absolute atomic E-state index is 13.1. The molecule has 0 unspecified atom stereocenters. The summed E-state index contributed by atoms with van der Waals surface area (Å²) in [5, 5.41) is 5.38. The van der Waals surface area contributed by atoms with E-state index in [1.165, 1.54) is 12.1 Å². The highest BCUT2D eigenvalue weighted by atomic mass is 19.1. The molecular formula is C19H22FN7. The Morgan fingerprint density at radius 3 is 2.44 bits per heavy atom. The minimum atomic E-state index is -0.181. The highest BCUT2D eigenvalue weighted by Crippen LogP contribution is 2.28. The molecule has 0 radical (unpaired) electrons. The quantitative estimate of drug-likeness (QED) is 0.700. The van der Waals surface area contributed by atoms with Crippen molar-refractivity contribution in [3.05, 3.63) is 42.6 Å². The minimum Gasteiger partial charge on any atom is -0.369 e. The van der Waals surface area contributed by atoms with Gasteiger partial charge >= 0.3 is 0 Å². The lowest BCUT2D eigenvalue weighted by atomic mass is 10.1. The molecule has 0 amide bonds. The number of aryl methyl sites for hydroxylation is 1. The van der Waals surface area contributed by atoms with Crippen molar-refractivity contribution in [1.82, 2.24) is 24.6 Å². The van der Waals surface area contributed by atoms with Gasteiger partial charge in [0.1, 0.15) is 18.0 Å². The summed E-state index contributed by atoms with van der Waals surface area (Å²) in [6.07, 6.45) is 3.58. The Hall–Kier alpha value is -2.74. The predicted octanol–water partition coefficient (Wildman–Crippen LogP) is 1.51. The van der Waals surface area contributed by atoms with E-state index in [1.807, 2.05) is 25.4 Å². The third kappa shape index (κ3) is 2.99. The van der Waals surface area contributed by atoms with Gasteiger partial charge in [-0.1, -0.05) is 0 Å². The third-order valence-corrected chi connectivity index (χ3v) is 5.59. The van der Waals surface area contributed by atoms with Gasteiger partial charge in [0, 0.05) is 64.2 Å². The van der Waals surface area contributed by atoms with Gasteiger partial charge in [-0.3, -0.25) is 9.58 Å². The monoisotopic (exact) mass is 367 g/mol. The van der Waals surface area contributed by atoms with Crippen LogP contribution in [-0.4, -0.2) is 70.0 Å². The van der Waals surface area contributed by atoms with E-state index >= 15 is 0 Å². The Bertz CT molecular complexity index is 940. The number of anilines is 2. The lowest BCUT2D eigenvalue weighted by Gasteiger charge is -2.49. The first-order valence-electron chi connectivity index (χ1n) is 9.31. The van der Waals surface area contributed by atoms with Gasteiger partial charge in [-0.05, 0) is 24.3 Å². The molecule has 2 aliphatic rings. The highest BCUT2D eigenvalue weighted by molar-refractivity contribution is 5.86. The topological polar surface area (TPSA) is 53.3 Å². The van der Waals surface area contributed by atoms with Gasteiger partial charge in [0.2, 0.25) is 0 Å². The van der Waals surface area contributed by atoms with Gasteiger partial charge in [0.15, 0.2) is 5.65 Å². The van der Waals surface area contributed by atoms with E-state index in [0.29, 0.717) is 6.04 Å². The second kappa shape index (κ2) is 6.45. The predicted molar refractivity (Wildman–Crippen MR) is 102 cm³/mol. The normalized spacial score (nSPS) is 18.9. The van der Waals surface area contributed by atoms with Crippen molar-refractivity contribution in [3.8, 4) is 0 Å². The Kier molecular flexibility index (Phi) is 3.93. The zero-order valence-electron chi connectivity index (χ0n) is 15.3. The van der Waals surface area contributed by atoms with Crippen molar-refractivity contribution in [2.75, 3.05) is 49.1 Å². The molecule has 27 heavy (non-hydrogen) atoms. The number of nitrogens with zero attached hydrogens (tertiary/aromatic N) is 7. The second-order valence-electron chi connectivity index (χ2n) is 7.30. The fourth-order valence-electron chi connectivity index (χ4n) is 4.05. The summed E-state index contributed by atoms with van der Waals surface area (Å²) in [6, 6.07) is 7.36. The van der Waals surface area contributed by atoms with Crippen molar-refractivity contribution < 1.29 is 4.39 Å². The van der Waals surface area contributed by atoms with Crippen LogP contribution in [-0.2, 0) is 7.05 Å². The highest BCUT2D eigenvalue weighted by Gasteiger charge is 2.35. The Labute approximate surface area is 157 Å². The van der Waals surface area contributed by atoms with Crippen molar-refractivity contribution in [3.63, 3.8) is 0 Å². The molecule has 7 nitrogen and oxygen atoms in total. The standard InChI is InChI=1S/C19H22FN7/c1-24-12-17-18(23-24)21-13-22-19(17)27-10-16(11-27)26-8-6-25(7-9-26)15-4-2-14(20)3-5-15/h2-5,12-13,16H,6-11H2,1H3. The molecule has 0 bridgehead atoms. The molecule has 0 atom stereocenters. The van der Waals surface area contributed by atoms with E-state index in [0.717, 1.165) is 61.8 Å². The summed E-state index contributed by atoms with van der Waals surface area (Å²) < 4.78 is 14.9. The average Bonchev–Trinajstić information content (AvgIpc) is 3.03. The summed E-state index contributed by atoms with van der Waals surface area (Å²) in [5.41, 5.74) is 1.85. The molecular weight excluding hydrogens is 345 g/mol. The fraction of sp³-hybridized carbons (Fsp3) is 0.421. The van der Waals surface area contributed by atoms with Gasteiger partial charge in [-0.2, -0.15) is 5.10 Å². The van der Waals surface area contributed by atoms with Crippen LogP contribution < -0.4 is 9.80 Å². The number of benzene rings is 1. The number of hydrogen-bond donors (Lipinski definition) is 0. The Morgan fingerprint density at radius 1 is 0.963 bits per heavy atom. The van der Waals surface area contributed by atoms with E-state index in [2.05, 4.69) is 29.8 Å². The fourth-order valence-corrected chi connectivity index (χ4v) is 4.05.